The molecule has 7 nitrogen and oxygen atoms in total. The summed E-state index contributed by atoms with van der Waals surface area (Å²) in [4.78, 5) is 11.5. The second-order valence-corrected chi connectivity index (χ2v) is 6.76. The van der Waals surface area contributed by atoms with E-state index in [1.807, 2.05) is 10.8 Å². The van der Waals surface area contributed by atoms with Crippen LogP contribution in [0.4, 0.5) is 4.79 Å². The number of carbonyl (C=O) groups excluding carboxylic acids is 1. The minimum atomic E-state index is -3.88. The highest BCUT2D eigenvalue weighted by molar-refractivity contribution is 7.87. The van der Waals surface area contributed by atoms with Gasteiger partial charge in [-0.05, 0) is 12.5 Å². The molecule has 1 aliphatic rings. The summed E-state index contributed by atoms with van der Waals surface area (Å²) in [5.74, 6) is 0. The average Bonchev–Trinajstić information content (AvgIpc) is 2.42. The van der Waals surface area contributed by atoms with Gasteiger partial charge >= 0.3 is 16.3 Å². The quantitative estimate of drug-likeness (QED) is 0.872. The molecule has 116 valence electrons. The smallest absolute Gasteiger partial charge is 0.422 e. The number of hydrogen-bond acceptors (Lipinski definition) is 5. The predicted molar refractivity (Wildman–Crippen MR) is 75.7 cm³/mol. The van der Waals surface area contributed by atoms with Crippen LogP contribution < -0.4 is 4.72 Å². The van der Waals surface area contributed by atoms with E-state index in [9.17, 15) is 13.2 Å². The lowest BCUT2D eigenvalue weighted by atomic mass is 10.0. The summed E-state index contributed by atoms with van der Waals surface area (Å²) in [5, 5.41) is 0. The molecule has 0 atom stereocenters. The van der Waals surface area contributed by atoms with Crippen molar-refractivity contribution in [2.75, 3.05) is 20.2 Å². The van der Waals surface area contributed by atoms with Gasteiger partial charge in [0.1, 0.15) is 6.61 Å². The van der Waals surface area contributed by atoms with Gasteiger partial charge < -0.3 is 9.47 Å². The fourth-order valence-electron chi connectivity index (χ4n) is 1.92. The highest BCUT2D eigenvalue weighted by Gasteiger charge is 2.45. The zero-order valence-electron chi connectivity index (χ0n) is 11.9. The average molecular weight is 314 g/mol. The fraction of sp³-hybridized carbons (Fsp3) is 0.462. The number of amides is 1. The summed E-state index contributed by atoms with van der Waals surface area (Å²) < 4.78 is 36.8. The van der Waals surface area contributed by atoms with Crippen molar-refractivity contribution in [1.29, 1.82) is 0 Å². The van der Waals surface area contributed by atoms with Crippen LogP contribution in [0.1, 0.15) is 12.5 Å². The van der Waals surface area contributed by atoms with Gasteiger partial charge in [0, 0.05) is 20.2 Å². The minimum absolute atomic E-state index is 0.0119. The monoisotopic (exact) mass is 314 g/mol. The number of hydrogen-bond donors (Lipinski definition) is 1. The molecule has 1 saturated heterocycles. The van der Waals surface area contributed by atoms with E-state index in [0.29, 0.717) is 0 Å². The number of ether oxygens (including phenoxy) is 2. The van der Waals surface area contributed by atoms with Crippen LogP contribution in [0.2, 0.25) is 0 Å². The molecule has 1 aliphatic heterocycles. The standard InChI is InChI=1S/C13H18N2O5S/c1-13(19-2)9-15(10-13)21(17,18)14-12(16)20-8-11-6-4-3-5-7-11/h3-7H,8-10H2,1-2H3,(H,14,16). The minimum Gasteiger partial charge on any atom is -0.444 e. The van der Waals surface area contributed by atoms with Crippen molar-refractivity contribution in [2.24, 2.45) is 0 Å². The molecule has 1 fully saturated rings. The second kappa shape index (κ2) is 6.00. The number of methoxy groups -OCH3 is 1. The van der Waals surface area contributed by atoms with Gasteiger partial charge in [-0.25, -0.2) is 9.52 Å². The van der Waals surface area contributed by atoms with Crippen molar-refractivity contribution in [2.45, 2.75) is 19.1 Å². The van der Waals surface area contributed by atoms with Gasteiger partial charge in [0.05, 0.1) is 5.60 Å². The maximum atomic E-state index is 11.9. The Kier molecular flexibility index (Phi) is 4.50. The van der Waals surface area contributed by atoms with Gasteiger partial charge in [-0.3, -0.25) is 0 Å². The van der Waals surface area contributed by atoms with E-state index in [2.05, 4.69) is 0 Å². The lowest BCUT2D eigenvalue weighted by Gasteiger charge is -2.45. The van der Waals surface area contributed by atoms with E-state index in [-0.39, 0.29) is 19.7 Å². The van der Waals surface area contributed by atoms with E-state index < -0.39 is 21.9 Å². The van der Waals surface area contributed by atoms with Gasteiger partial charge in [0.15, 0.2) is 0 Å². The molecule has 1 N–H and O–H groups in total. The lowest BCUT2D eigenvalue weighted by Crippen LogP contribution is -2.65. The number of nitrogens with zero attached hydrogens (tertiary/aromatic N) is 1. The van der Waals surface area contributed by atoms with E-state index in [1.165, 1.54) is 7.11 Å². The Morgan fingerprint density at radius 1 is 1.33 bits per heavy atom. The second-order valence-electron chi connectivity index (χ2n) is 5.09. The Morgan fingerprint density at radius 3 is 2.52 bits per heavy atom. The van der Waals surface area contributed by atoms with E-state index in [4.69, 9.17) is 9.47 Å². The van der Waals surface area contributed by atoms with Gasteiger partial charge in [0.25, 0.3) is 0 Å². The third-order valence-electron chi connectivity index (χ3n) is 3.28. The molecule has 21 heavy (non-hydrogen) atoms. The van der Waals surface area contributed by atoms with Crippen molar-refractivity contribution < 1.29 is 22.7 Å². The number of rotatable bonds is 5. The molecule has 1 amide bonds. The first kappa shape index (κ1) is 15.7. The van der Waals surface area contributed by atoms with Crippen LogP contribution in [0.5, 0.6) is 0 Å². The molecule has 0 spiro atoms. The Labute approximate surface area is 124 Å². The molecule has 0 unspecified atom stereocenters. The van der Waals surface area contributed by atoms with Crippen molar-refractivity contribution in [3.63, 3.8) is 0 Å². The molecule has 0 aromatic heterocycles. The van der Waals surface area contributed by atoms with Crippen molar-refractivity contribution in [1.82, 2.24) is 9.03 Å². The van der Waals surface area contributed by atoms with Crippen LogP contribution in [-0.2, 0) is 26.3 Å². The van der Waals surface area contributed by atoms with E-state index >= 15 is 0 Å². The molecule has 0 radical (unpaired) electrons. The molecular formula is C13H18N2O5S. The zero-order chi connectivity index (χ0) is 15.5. The van der Waals surface area contributed by atoms with E-state index in [0.717, 1.165) is 9.87 Å². The summed E-state index contributed by atoms with van der Waals surface area (Å²) in [6.07, 6.45) is -0.995. The molecule has 1 heterocycles. The first-order valence-corrected chi connectivity index (χ1v) is 7.82. The SMILES string of the molecule is COC1(C)CN(S(=O)(=O)NC(=O)OCc2ccccc2)C1. The molecule has 1 aromatic carbocycles. The van der Waals surface area contributed by atoms with Gasteiger partial charge in [-0.2, -0.15) is 12.7 Å². The molecule has 0 bridgehead atoms. The highest BCUT2D eigenvalue weighted by atomic mass is 32.2. The van der Waals surface area contributed by atoms with Gasteiger partial charge in [0.2, 0.25) is 0 Å². The zero-order valence-corrected chi connectivity index (χ0v) is 12.7. The summed E-state index contributed by atoms with van der Waals surface area (Å²) in [5.41, 5.74) is 0.281. The van der Waals surface area contributed by atoms with Crippen molar-refractivity contribution in [3.8, 4) is 0 Å². The van der Waals surface area contributed by atoms with Crippen LogP contribution in [0.15, 0.2) is 30.3 Å². The number of nitrogens with one attached hydrogen (secondary N) is 1. The molecule has 0 saturated carbocycles. The highest BCUT2D eigenvalue weighted by Crippen LogP contribution is 2.25. The number of benzene rings is 1. The molecule has 2 rings (SSSR count). The molecule has 1 aromatic rings. The third kappa shape index (κ3) is 3.93. The van der Waals surface area contributed by atoms with Gasteiger partial charge in [-0.15, -0.1) is 0 Å². The van der Waals surface area contributed by atoms with Crippen LogP contribution in [0.25, 0.3) is 0 Å². The summed E-state index contributed by atoms with van der Waals surface area (Å²) in [6.45, 7) is 2.21. The van der Waals surface area contributed by atoms with Crippen LogP contribution in [-0.4, -0.2) is 44.6 Å². The first-order chi connectivity index (χ1) is 9.85. The maximum absolute atomic E-state index is 11.9. The lowest BCUT2D eigenvalue weighted by molar-refractivity contribution is -0.0772. The molecule has 8 heteroatoms. The molecule has 0 aliphatic carbocycles. The van der Waals surface area contributed by atoms with E-state index in [1.54, 1.807) is 31.2 Å². The van der Waals surface area contributed by atoms with Crippen LogP contribution in [0.3, 0.4) is 0 Å². The Balaban J connectivity index is 1.82. The summed E-state index contributed by atoms with van der Waals surface area (Å²) in [7, 11) is -2.36. The maximum Gasteiger partial charge on any atom is 0.422 e. The normalized spacial score (nSPS) is 17.8. The van der Waals surface area contributed by atoms with Crippen LogP contribution >= 0.6 is 0 Å². The van der Waals surface area contributed by atoms with Crippen molar-refractivity contribution in [3.05, 3.63) is 35.9 Å². The van der Waals surface area contributed by atoms with Crippen LogP contribution in [0, 0.1) is 0 Å². The van der Waals surface area contributed by atoms with Gasteiger partial charge in [-0.1, -0.05) is 30.3 Å². The Morgan fingerprint density at radius 2 is 1.95 bits per heavy atom. The Bertz CT molecular complexity index is 596. The van der Waals surface area contributed by atoms with Crippen molar-refractivity contribution >= 4 is 16.3 Å². The number of carbonyl (C=O) groups is 1. The topological polar surface area (TPSA) is 84.9 Å². The summed E-state index contributed by atoms with van der Waals surface area (Å²) >= 11 is 0. The Hall–Kier alpha value is -1.64. The largest absolute Gasteiger partial charge is 0.444 e. The predicted octanol–water partition coefficient (Wildman–Crippen LogP) is 0.878. The first-order valence-electron chi connectivity index (χ1n) is 6.38. The summed E-state index contributed by atoms with van der Waals surface area (Å²) in [6, 6.07) is 9.01. The third-order valence-corrected chi connectivity index (χ3v) is 4.64. The molecular weight excluding hydrogens is 296 g/mol. The fourth-order valence-corrected chi connectivity index (χ4v) is 3.21.